The summed E-state index contributed by atoms with van der Waals surface area (Å²) in [5.74, 6) is 1.88. The highest BCUT2D eigenvalue weighted by Crippen LogP contribution is 2.45. The lowest BCUT2D eigenvalue weighted by atomic mass is 10.0. The zero-order valence-electron chi connectivity index (χ0n) is 31.7. The summed E-state index contributed by atoms with van der Waals surface area (Å²) < 4.78 is 7.34. The molecule has 12 rings (SSSR count). The van der Waals surface area contributed by atoms with Gasteiger partial charge in [-0.25, -0.2) is 15.0 Å². The Morgan fingerprint density at radius 1 is 0.356 bits per heavy atom. The molecule has 0 aliphatic rings. The number of benzene rings is 8. The molecule has 0 N–H and O–H groups in total. The molecular formula is C53H33N5S. The lowest BCUT2D eigenvalue weighted by Crippen LogP contribution is -2.02. The zero-order valence-corrected chi connectivity index (χ0v) is 32.5. The molecule has 0 atom stereocenters. The van der Waals surface area contributed by atoms with Crippen molar-refractivity contribution in [1.29, 1.82) is 0 Å². The number of thiophene rings is 1. The molecule has 0 aliphatic heterocycles. The fourth-order valence-electron chi connectivity index (χ4n) is 8.66. The van der Waals surface area contributed by atoms with E-state index in [0.29, 0.717) is 17.5 Å². The molecule has 6 heteroatoms. The molecule has 0 saturated heterocycles. The first kappa shape index (κ1) is 33.5. The van der Waals surface area contributed by atoms with Crippen LogP contribution in [0.4, 0.5) is 0 Å². The predicted molar refractivity (Wildman–Crippen MR) is 246 cm³/mol. The molecule has 4 aromatic heterocycles. The van der Waals surface area contributed by atoms with Crippen LogP contribution in [0.2, 0.25) is 0 Å². The minimum Gasteiger partial charge on any atom is -0.316 e. The summed E-state index contributed by atoms with van der Waals surface area (Å²) in [7, 11) is 0. The maximum Gasteiger partial charge on any atom is 0.164 e. The van der Waals surface area contributed by atoms with Gasteiger partial charge in [0.25, 0.3) is 0 Å². The molecule has 59 heavy (non-hydrogen) atoms. The second kappa shape index (κ2) is 13.5. The van der Waals surface area contributed by atoms with E-state index in [0.717, 1.165) is 44.7 Å². The largest absolute Gasteiger partial charge is 0.316 e. The summed E-state index contributed by atoms with van der Waals surface area (Å²) in [6, 6.07) is 68.6. The molecule has 0 aliphatic carbocycles. The highest BCUT2D eigenvalue weighted by atomic mass is 32.1. The fraction of sp³-hybridized carbons (Fsp3) is 0. The first-order chi connectivity index (χ1) is 29.2. The van der Waals surface area contributed by atoms with Crippen LogP contribution in [0.3, 0.4) is 0 Å². The molecule has 276 valence electrons. The lowest BCUT2D eigenvalue weighted by molar-refractivity contribution is 1.07. The Kier molecular flexibility index (Phi) is 7.64. The van der Waals surface area contributed by atoms with Crippen molar-refractivity contribution in [2.24, 2.45) is 0 Å². The van der Waals surface area contributed by atoms with Crippen molar-refractivity contribution in [1.82, 2.24) is 24.1 Å². The monoisotopic (exact) mass is 771 g/mol. The van der Waals surface area contributed by atoms with Crippen molar-refractivity contribution in [3.8, 4) is 56.7 Å². The van der Waals surface area contributed by atoms with Crippen LogP contribution in [0.15, 0.2) is 200 Å². The molecule has 4 heterocycles. The number of rotatable bonds is 6. The molecule has 0 bridgehead atoms. The molecule has 12 aromatic rings. The van der Waals surface area contributed by atoms with Crippen LogP contribution in [-0.4, -0.2) is 24.1 Å². The summed E-state index contributed by atoms with van der Waals surface area (Å²) >= 11 is 1.86. The molecule has 0 spiro atoms. The molecule has 0 saturated carbocycles. The molecule has 0 fully saturated rings. The maximum absolute atomic E-state index is 5.21. The Morgan fingerprint density at radius 3 is 1.59 bits per heavy atom. The van der Waals surface area contributed by atoms with Crippen LogP contribution in [-0.2, 0) is 0 Å². The predicted octanol–water partition coefficient (Wildman–Crippen LogP) is 13.9. The summed E-state index contributed by atoms with van der Waals surface area (Å²) in [4.78, 5) is 15.5. The SMILES string of the molecule is c1ccc(-c2cc(-c3nc(-c4ccccc4)nc(-c4ccccc4)n3)cc(-n3c4c(ccc5c4ccn5-c4ccccc4)c4ccc5c6ccccc6sc5c43)c2)cc1. The number of fused-ring (bicyclic) bond motifs is 9. The van der Waals surface area contributed by atoms with Crippen LogP contribution >= 0.6 is 11.3 Å². The van der Waals surface area contributed by atoms with Crippen molar-refractivity contribution in [2.75, 3.05) is 0 Å². The van der Waals surface area contributed by atoms with Gasteiger partial charge in [-0.3, -0.25) is 0 Å². The summed E-state index contributed by atoms with van der Waals surface area (Å²) in [6.07, 6.45) is 2.20. The van der Waals surface area contributed by atoms with E-state index in [2.05, 4.69) is 173 Å². The highest BCUT2D eigenvalue weighted by molar-refractivity contribution is 7.26. The third-order valence-electron chi connectivity index (χ3n) is 11.4. The van der Waals surface area contributed by atoms with E-state index in [9.17, 15) is 0 Å². The molecule has 5 nitrogen and oxygen atoms in total. The first-order valence-corrected chi connectivity index (χ1v) is 20.6. The Hall–Kier alpha value is -7.67. The van der Waals surface area contributed by atoms with Crippen LogP contribution in [0.25, 0.3) is 110 Å². The smallest absolute Gasteiger partial charge is 0.164 e. The van der Waals surface area contributed by atoms with E-state index in [-0.39, 0.29) is 0 Å². The number of hydrogen-bond donors (Lipinski definition) is 0. The van der Waals surface area contributed by atoms with E-state index in [4.69, 9.17) is 15.0 Å². The third-order valence-corrected chi connectivity index (χ3v) is 12.6. The van der Waals surface area contributed by atoms with Crippen molar-refractivity contribution >= 4 is 64.2 Å². The van der Waals surface area contributed by atoms with Gasteiger partial charge in [-0.1, -0.05) is 146 Å². The fourth-order valence-corrected chi connectivity index (χ4v) is 9.90. The van der Waals surface area contributed by atoms with Crippen molar-refractivity contribution in [3.05, 3.63) is 200 Å². The lowest BCUT2D eigenvalue weighted by Gasteiger charge is -2.15. The van der Waals surface area contributed by atoms with Gasteiger partial charge in [0.1, 0.15) is 0 Å². The summed E-state index contributed by atoms with van der Waals surface area (Å²) in [5, 5.41) is 6.15. The van der Waals surface area contributed by atoms with Gasteiger partial charge in [-0.15, -0.1) is 11.3 Å². The van der Waals surface area contributed by atoms with E-state index in [1.165, 1.54) is 47.4 Å². The van der Waals surface area contributed by atoms with Crippen LogP contribution < -0.4 is 0 Å². The van der Waals surface area contributed by atoms with Crippen molar-refractivity contribution in [3.63, 3.8) is 0 Å². The van der Waals surface area contributed by atoms with E-state index in [1.54, 1.807) is 0 Å². The normalized spacial score (nSPS) is 11.7. The van der Waals surface area contributed by atoms with Gasteiger partial charge >= 0.3 is 0 Å². The number of para-hydroxylation sites is 1. The van der Waals surface area contributed by atoms with Gasteiger partial charge in [0.15, 0.2) is 17.5 Å². The van der Waals surface area contributed by atoms with Crippen LogP contribution in [0, 0.1) is 0 Å². The van der Waals surface area contributed by atoms with E-state index in [1.807, 2.05) is 47.7 Å². The highest BCUT2D eigenvalue weighted by Gasteiger charge is 2.22. The molecule has 0 unspecified atom stereocenters. The van der Waals surface area contributed by atoms with Crippen molar-refractivity contribution < 1.29 is 0 Å². The second-order valence-electron chi connectivity index (χ2n) is 14.9. The molecular weight excluding hydrogens is 739 g/mol. The van der Waals surface area contributed by atoms with Crippen LogP contribution in [0.1, 0.15) is 0 Å². The number of hydrogen-bond acceptors (Lipinski definition) is 4. The van der Waals surface area contributed by atoms with Gasteiger partial charge < -0.3 is 9.13 Å². The Morgan fingerprint density at radius 2 is 0.898 bits per heavy atom. The van der Waals surface area contributed by atoms with Gasteiger partial charge in [0.05, 0.1) is 21.3 Å². The quantitative estimate of drug-likeness (QED) is 0.169. The maximum atomic E-state index is 5.21. The minimum atomic E-state index is 0.616. The summed E-state index contributed by atoms with van der Waals surface area (Å²) in [6.45, 7) is 0. The molecule has 0 amide bonds. The van der Waals surface area contributed by atoms with Gasteiger partial charge in [-0.2, -0.15) is 0 Å². The van der Waals surface area contributed by atoms with Gasteiger partial charge in [0, 0.05) is 65.9 Å². The van der Waals surface area contributed by atoms with Crippen molar-refractivity contribution in [2.45, 2.75) is 0 Å². The van der Waals surface area contributed by atoms with Gasteiger partial charge in [-0.05, 0) is 59.7 Å². The standard InChI is InChI=1S/C53H33N5S/c1-5-15-34(16-6-1)37-31-38(53-55-51(35-17-7-2-8-18-35)54-52(56-53)36-19-9-3-10-20-36)33-40(32-37)58-48-42(27-28-46-45(48)29-30-57(46)39-21-11-4-12-22-39)43-25-26-44-41-23-13-14-24-47(41)59-50(44)49(43)58/h1-33H. The number of aromatic nitrogens is 5. The number of nitrogens with zero attached hydrogens (tertiary/aromatic N) is 5. The molecule has 8 aromatic carbocycles. The minimum absolute atomic E-state index is 0.616. The average Bonchev–Trinajstić information content (AvgIpc) is 4.02. The third kappa shape index (κ3) is 5.49. The average molecular weight is 772 g/mol. The summed E-state index contributed by atoms with van der Waals surface area (Å²) in [5.41, 5.74) is 10.7. The Balaban J connectivity index is 1.21. The first-order valence-electron chi connectivity index (χ1n) is 19.8. The zero-order chi connectivity index (χ0) is 38.9. The Labute approximate surface area is 343 Å². The topological polar surface area (TPSA) is 48.5 Å². The van der Waals surface area contributed by atoms with E-state index >= 15 is 0 Å². The van der Waals surface area contributed by atoms with E-state index < -0.39 is 0 Å². The second-order valence-corrected chi connectivity index (χ2v) is 15.9. The van der Waals surface area contributed by atoms with Crippen LogP contribution in [0.5, 0.6) is 0 Å². The Bertz CT molecular complexity index is 3480. The van der Waals surface area contributed by atoms with Gasteiger partial charge in [0.2, 0.25) is 0 Å². The molecule has 0 radical (unpaired) electrons.